The van der Waals surface area contributed by atoms with Crippen molar-refractivity contribution in [2.24, 2.45) is 0 Å². The van der Waals surface area contributed by atoms with Crippen LogP contribution >= 0.6 is 0 Å². The van der Waals surface area contributed by atoms with Crippen LogP contribution in [-0.4, -0.2) is 43.2 Å². The van der Waals surface area contributed by atoms with E-state index >= 15 is 0 Å². The van der Waals surface area contributed by atoms with E-state index in [0.717, 1.165) is 19.7 Å². The van der Waals surface area contributed by atoms with E-state index in [0.29, 0.717) is 24.2 Å². The Hall–Kier alpha value is -1.90. The van der Waals surface area contributed by atoms with Gasteiger partial charge in [0.05, 0.1) is 24.0 Å². The van der Waals surface area contributed by atoms with Crippen molar-refractivity contribution in [2.45, 2.75) is 19.4 Å². The first-order chi connectivity index (χ1) is 9.69. The summed E-state index contributed by atoms with van der Waals surface area (Å²) in [5.41, 5.74) is 1.07. The average molecular weight is 273 g/mol. The number of hydrogen-bond donors (Lipinski definition) is 1. The van der Waals surface area contributed by atoms with Gasteiger partial charge >= 0.3 is 0 Å². The average Bonchev–Trinajstić information content (AvgIpc) is 2.46. The van der Waals surface area contributed by atoms with Crippen LogP contribution in [0.1, 0.15) is 18.9 Å². The van der Waals surface area contributed by atoms with Crippen molar-refractivity contribution < 1.29 is 9.53 Å². The number of nitrogens with one attached hydrogen (secondary N) is 1. The number of anilines is 1. The van der Waals surface area contributed by atoms with Crippen molar-refractivity contribution in [3.63, 3.8) is 0 Å². The monoisotopic (exact) mass is 273 g/mol. The summed E-state index contributed by atoms with van der Waals surface area (Å²) < 4.78 is 5.46. The molecular formula is C15H19N3O2. The SMILES string of the molecule is CC1CN(CCC(=O)Nc2ccccc2C#N)CCO1. The normalized spacial score (nSPS) is 19.3. The van der Waals surface area contributed by atoms with Crippen molar-refractivity contribution in [1.29, 1.82) is 5.26 Å². The first kappa shape index (κ1) is 14.5. The Morgan fingerprint density at radius 2 is 2.35 bits per heavy atom. The molecule has 0 spiro atoms. The van der Waals surface area contributed by atoms with E-state index in [4.69, 9.17) is 10.00 Å². The minimum atomic E-state index is -0.0631. The van der Waals surface area contributed by atoms with Crippen LogP contribution in [0.15, 0.2) is 24.3 Å². The third-order valence-electron chi connectivity index (χ3n) is 3.30. The Kier molecular flexibility index (Phi) is 5.10. The summed E-state index contributed by atoms with van der Waals surface area (Å²) in [6.45, 7) is 5.21. The predicted octanol–water partition coefficient (Wildman–Crippen LogP) is 1.61. The molecule has 1 aromatic carbocycles. The third kappa shape index (κ3) is 4.05. The zero-order valence-corrected chi connectivity index (χ0v) is 11.6. The number of hydrogen-bond acceptors (Lipinski definition) is 4. The molecular weight excluding hydrogens is 254 g/mol. The van der Waals surface area contributed by atoms with E-state index in [-0.39, 0.29) is 12.0 Å². The van der Waals surface area contributed by atoms with Crippen LogP contribution in [0.3, 0.4) is 0 Å². The van der Waals surface area contributed by atoms with Gasteiger partial charge in [-0.05, 0) is 19.1 Å². The summed E-state index contributed by atoms with van der Waals surface area (Å²) in [5.74, 6) is -0.0631. The van der Waals surface area contributed by atoms with Crippen LogP contribution in [0.25, 0.3) is 0 Å². The molecule has 0 aliphatic carbocycles. The molecule has 1 saturated heterocycles. The predicted molar refractivity (Wildman–Crippen MR) is 76.3 cm³/mol. The first-order valence-corrected chi connectivity index (χ1v) is 6.82. The number of para-hydroxylation sites is 1. The van der Waals surface area contributed by atoms with Crippen LogP contribution in [0, 0.1) is 11.3 Å². The van der Waals surface area contributed by atoms with Crippen molar-refractivity contribution in [3.05, 3.63) is 29.8 Å². The Bertz CT molecular complexity index is 510. The summed E-state index contributed by atoms with van der Waals surface area (Å²) in [6.07, 6.45) is 0.651. The molecule has 5 heteroatoms. The second-order valence-corrected chi connectivity index (χ2v) is 4.94. The van der Waals surface area contributed by atoms with Crippen LogP contribution in [0.4, 0.5) is 5.69 Å². The van der Waals surface area contributed by atoms with E-state index in [9.17, 15) is 4.79 Å². The molecule has 2 rings (SSSR count). The minimum Gasteiger partial charge on any atom is -0.376 e. The summed E-state index contributed by atoms with van der Waals surface area (Å²) >= 11 is 0. The van der Waals surface area contributed by atoms with E-state index in [1.165, 1.54) is 0 Å². The molecule has 1 heterocycles. The van der Waals surface area contributed by atoms with Gasteiger partial charge in [-0.15, -0.1) is 0 Å². The van der Waals surface area contributed by atoms with Gasteiger partial charge in [-0.3, -0.25) is 9.69 Å². The van der Waals surface area contributed by atoms with Crippen LogP contribution in [0.5, 0.6) is 0 Å². The second kappa shape index (κ2) is 7.04. The fraction of sp³-hybridized carbons (Fsp3) is 0.467. The molecule has 1 unspecified atom stereocenters. The van der Waals surface area contributed by atoms with Gasteiger partial charge < -0.3 is 10.1 Å². The highest BCUT2D eigenvalue weighted by Gasteiger charge is 2.17. The van der Waals surface area contributed by atoms with E-state index in [2.05, 4.69) is 16.3 Å². The van der Waals surface area contributed by atoms with Crippen molar-refractivity contribution in [2.75, 3.05) is 31.6 Å². The lowest BCUT2D eigenvalue weighted by Gasteiger charge is -2.30. The fourth-order valence-electron chi connectivity index (χ4n) is 2.26. The highest BCUT2D eigenvalue weighted by molar-refractivity contribution is 5.92. The molecule has 5 nitrogen and oxygen atoms in total. The van der Waals surface area contributed by atoms with Gasteiger partial charge in [-0.25, -0.2) is 0 Å². The minimum absolute atomic E-state index is 0.0631. The highest BCUT2D eigenvalue weighted by atomic mass is 16.5. The smallest absolute Gasteiger partial charge is 0.225 e. The quantitative estimate of drug-likeness (QED) is 0.905. The summed E-state index contributed by atoms with van der Waals surface area (Å²) in [5, 5.41) is 11.8. The second-order valence-electron chi connectivity index (χ2n) is 4.94. The molecule has 1 aromatic rings. The van der Waals surface area contributed by atoms with Crippen molar-refractivity contribution >= 4 is 11.6 Å². The number of rotatable bonds is 4. The lowest BCUT2D eigenvalue weighted by atomic mass is 10.2. The summed E-state index contributed by atoms with van der Waals surface area (Å²) in [4.78, 5) is 14.2. The molecule has 1 N–H and O–H groups in total. The molecule has 0 bridgehead atoms. The summed E-state index contributed by atoms with van der Waals surface area (Å²) in [7, 11) is 0. The maximum Gasteiger partial charge on any atom is 0.225 e. The van der Waals surface area contributed by atoms with Crippen LogP contribution in [-0.2, 0) is 9.53 Å². The van der Waals surface area contributed by atoms with Gasteiger partial charge in [0.15, 0.2) is 0 Å². The number of amides is 1. The molecule has 0 radical (unpaired) electrons. The van der Waals surface area contributed by atoms with Crippen LogP contribution in [0.2, 0.25) is 0 Å². The van der Waals surface area contributed by atoms with Gasteiger partial charge in [0, 0.05) is 26.1 Å². The number of ether oxygens (including phenoxy) is 1. The van der Waals surface area contributed by atoms with E-state index < -0.39 is 0 Å². The van der Waals surface area contributed by atoms with E-state index in [1.54, 1.807) is 24.3 Å². The first-order valence-electron chi connectivity index (χ1n) is 6.82. The molecule has 1 amide bonds. The standard InChI is InChI=1S/C15H19N3O2/c1-12-11-18(8-9-20-12)7-6-15(19)17-14-5-3-2-4-13(14)10-16/h2-5,12H,6-9,11H2,1H3,(H,17,19). The Morgan fingerprint density at radius 3 is 3.10 bits per heavy atom. The maximum atomic E-state index is 11.9. The molecule has 1 aliphatic rings. The van der Waals surface area contributed by atoms with Gasteiger partial charge in [-0.1, -0.05) is 12.1 Å². The fourth-order valence-corrected chi connectivity index (χ4v) is 2.26. The highest BCUT2D eigenvalue weighted by Crippen LogP contribution is 2.14. The zero-order valence-electron chi connectivity index (χ0n) is 11.6. The molecule has 0 saturated carbocycles. The van der Waals surface area contributed by atoms with Gasteiger partial charge in [0.25, 0.3) is 0 Å². The van der Waals surface area contributed by atoms with Gasteiger partial charge in [0.2, 0.25) is 5.91 Å². The molecule has 20 heavy (non-hydrogen) atoms. The van der Waals surface area contributed by atoms with Gasteiger partial charge in [-0.2, -0.15) is 5.26 Å². The molecule has 1 fully saturated rings. The zero-order chi connectivity index (χ0) is 14.4. The third-order valence-corrected chi connectivity index (χ3v) is 3.30. The molecule has 0 aromatic heterocycles. The Labute approximate surface area is 119 Å². The molecule has 1 atom stereocenters. The lowest BCUT2D eigenvalue weighted by Crippen LogP contribution is -2.42. The lowest BCUT2D eigenvalue weighted by molar-refractivity contribution is -0.117. The Balaban J connectivity index is 1.82. The number of carbonyl (C=O) groups excluding carboxylic acids is 1. The number of nitrogens with zero attached hydrogens (tertiary/aromatic N) is 2. The number of benzene rings is 1. The van der Waals surface area contributed by atoms with Crippen LogP contribution < -0.4 is 5.32 Å². The van der Waals surface area contributed by atoms with Crippen molar-refractivity contribution in [1.82, 2.24) is 4.90 Å². The number of carbonyl (C=O) groups is 1. The Morgan fingerprint density at radius 1 is 1.55 bits per heavy atom. The number of morpholine rings is 1. The van der Waals surface area contributed by atoms with Gasteiger partial charge in [0.1, 0.15) is 6.07 Å². The summed E-state index contributed by atoms with van der Waals surface area (Å²) in [6, 6.07) is 9.09. The molecule has 1 aliphatic heterocycles. The number of nitriles is 1. The maximum absolute atomic E-state index is 11.9. The van der Waals surface area contributed by atoms with Crippen molar-refractivity contribution in [3.8, 4) is 6.07 Å². The van der Waals surface area contributed by atoms with E-state index in [1.807, 2.05) is 6.92 Å². The molecule has 106 valence electrons. The largest absolute Gasteiger partial charge is 0.376 e. The topological polar surface area (TPSA) is 65.4 Å².